The molecule has 2 aromatic rings. The zero-order valence-corrected chi connectivity index (χ0v) is 15.1. The molecule has 2 atom stereocenters. The topological polar surface area (TPSA) is 104 Å². The third-order valence-electron chi connectivity index (χ3n) is 3.77. The maximum absolute atomic E-state index is 12.4. The van der Waals surface area contributed by atoms with E-state index in [0.29, 0.717) is 5.56 Å². The Hall–Kier alpha value is -3.14. The summed E-state index contributed by atoms with van der Waals surface area (Å²) >= 11 is 0. The first-order chi connectivity index (χ1) is 13.0. The van der Waals surface area contributed by atoms with Gasteiger partial charge in [0.1, 0.15) is 6.04 Å². The number of nitrogens with two attached hydrogens (primary N) is 1. The van der Waals surface area contributed by atoms with Gasteiger partial charge in [-0.15, -0.1) is 0 Å². The van der Waals surface area contributed by atoms with E-state index in [9.17, 15) is 14.7 Å². The van der Waals surface area contributed by atoms with Crippen LogP contribution in [0.2, 0.25) is 0 Å². The van der Waals surface area contributed by atoms with Crippen LogP contribution in [0.3, 0.4) is 0 Å². The monoisotopic (exact) mass is 365 g/mol. The summed E-state index contributed by atoms with van der Waals surface area (Å²) in [5.74, 6) is 5.14. The van der Waals surface area contributed by atoms with Crippen molar-refractivity contribution in [1.82, 2.24) is 10.6 Å². The van der Waals surface area contributed by atoms with Gasteiger partial charge in [-0.05, 0) is 43.3 Å². The lowest BCUT2D eigenvalue weighted by atomic mass is 10.1. The van der Waals surface area contributed by atoms with Crippen LogP contribution in [-0.2, 0) is 4.79 Å². The number of aliphatic hydroxyl groups excluding tert-OH is 1. The van der Waals surface area contributed by atoms with Gasteiger partial charge in [0.2, 0.25) is 5.91 Å². The summed E-state index contributed by atoms with van der Waals surface area (Å²) in [5.41, 5.74) is 7.39. The molecule has 0 radical (unpaired) electrons. The minimum atomic E-state index is -1.05. The molecule has 6 nitrogen and oxygen atoms in total. The fraction of sp³-hybridized carbons (Fsp3) is 0.238. The van der Waals surface area contributed by atoms with Crippen LogP contribution in [-0.4, -0.2) is 42.2 Å². The molecule has 5 N–H and O–H groups in total. The quantitative estimate of drug-likeness (QED) is 0.564. The molecular weight excluding hydrogens is 342 g/mol. The summed E-state index contributed by atoms with van der Waals surface area (Å²) in [4.78, 5) is 24.4. The van der Waals surface area contributed by atoms with Crippen molar-refractivity contribution < 1.29 is 14.7 Å². The maximum atomic E-state index is 12.4. The van der Waals surface area contributed by atoms with Gasteiger partial charge >= 0.3 is 0 Å². The highest BCUT2D eigenvalue weighted by Gasteiger charge is 2.25. The summed E-state index contributed by atoms with van der Waals surface area (Å²) in [7, 11) is 0. The molecule has 0 fully saturated rings. The average Bonchev–Trinajstić information content (AvgIpc) is 2.69. The highest BCUT2D eigenvalue weighted by Crippen LogP contribution is 2.06. The Bertz CT molecular complexity index is 821. The van der Waals surface area contributed by atoms with Crippen LogP contribution >= 0.6 is 0 Å². The van der Waals surface area contributed by atoms with Crippen molar-refractivity contribution in [2.45, 2.75) is 19.1 Å². The van der Waals surface area contributed by atoms with Crippen molar-refractivity contribution in [2.75, 3.05) is 13.1 Å². The van der Waals surface area contributed by atoms with Gasteiger partial charge in [-0.25, -0.2) is 0 Å². The third kappa shape index (κ3) is 6.26. The van der Waals surface area contributed by atoms with Crippen LogP contribution in [0.4, 0.5) is 0 Å². The number of rotatable bonds is 6. The fourth-order valence-corrected chi connectivity index (χ4v) is 2.31. The zero-order valence-electron chi connectivity index (χ0n) is 15.1. The van der Waals surface area contributed by atoms with E-state index in [2.05, 4.69) is 22.5 Å². The standard InChI is InChI=1S/C21H23N3O3/c1-15(25)19(21(27)23-14-13-22)24-20(26)18-11-9-17(10-12-18)8-7-16-5-3-2-4-6-16/h2-6,9-12,15,19,25H,13-14,22H2,1H3,(H,23,27)(H,24,26)/t15-,19+/m1/s1. The molecule has 0 aliphatic rings. The van der Waals surface area contributed by atoms with Gasteiger partial charge in [0.25, 0.3) is 5.91 Å². The van der Waals surface area contributed by atoms with Crippen molar-refractivity contribution in [3.05, 3.63) is 71.3 Å². The minimum absolute atomic E-state index is 0.271. The Morgan fingerprint density at radius 2 is 1.63 bits per heavy atom. The number of nitrogens with one attached hydrogen (secondary N) is 2. The van der Waals surface area contributed by atoms with E-state index >= 15 is 0 Å². The highest BCUT2D eigenvalue weighted by atomic mass is 16.3. The molecule has 0 aliphatic heterocycles. The van der Waals surface area contributed by atoms with Crippen molar-refractivity contribution >= 4 is 11.8 Å². The first-order valence-electron chi connectivity index (χ1n) is 8.65. The summed E-state index contributed by atoms with van der Waals surface area (Å²) < 4.78 is 0. The average molecular weight is 365 g/mol. The predicted molar refractivity (Wildman–Crippen MR) is 104 cm³/mol. The molecule has 0 bridgehead atoms. The number of carbonyl (C=O) groups is 2. The third-order valence-corrected chi connectivity index (χ3v) is 3.77. The smallest absolute Gasteiger partial charge is 0.252 e. The van der Waals surface area contributed by atoms with Gasteiger partial charge in [-0.2, -0.15) is 0 Å². The number of hydrogen-bond acceptors (Lipinski definition) is 4. The summed E-state index contributed by atoms with van der Waals surface area (Å²) in [6, 6.07) is 15.3. The lowest BCUT2D eigenvalue weighted by Gasteiger charge is -2.20. The second-order valence-electron chi connectivity index (χ2n) is 5.96. The molecule has 2 aromatic carbocycles. The first kappa shape index (κ1) is 20.2. The Morgan fingerprint density at radius 3 is 2.19 bits per heavy atom. The van der Waals surface area contributed by atoms with E-state index in [1.165, 1.54) is 6.92 Å². The van der Waals surface area contributed by atoms with E-state index in [1.54, 1.807) is 24.3 Å². The SMILES string of the molecule is C[C@@H](O)[C@H](NC(=O)c1ccc(C#Cc2ccccc2)cc1)C(=O)NCCN. The van der Waals surface area contributed by atoms with Crippen LogP contribution in [0.15, 0.2) is 54.6 Å². The normalized spacial score (nSPS) is 12.3. The van der Waals surface area contributed by atoms with Gasteiger partial charge in [0.05, 0.1) is 6.10 Å². The lowest BCUT2D eigenvalue weighted by Crippen LogP contribution is -2.53. The molecule has 0 heterocycles. The molecule has 0 aliphatic carbocycles. The molecule has 0 aromatic heterocycles. The molecule has 0 saturated carbocycles. The Morgan fingerprint density at radius 1 is 1.04 bits per heavy atom. The number of hydrogen-bond donors (Lipinski definition) is 4. The molecule has 2 rings (SSSR count). The minimum Gasteiger partial charge on any atom is -0.391 e. The van der Waals surface area contributed by atoms with Crippen molar-refractivity contribution in [1.29, 1.82) is 0 Å². The molecule has 2 amide bonds. The first-order valence-corrected chi connectivity index (χ1v) is 8.65. The molecule has 0 saturated heterocycles. The molecule has 6 heteroatoms. The van der Waals surface area contributed by atoms with Gasteiger partial charge in [0, 0.05) is 29.8 Å². The number of benzene rings is 2. The van der Waals surface area contributed by atoms with Crippen LogP contribution in [0.25, 0.3) is 0 Å². The van der Waals surface area contributed by atoms with E-state index in [0.717, 1.165) is 11.1 Å². The summed E-state index contributed by atoms with van der Waals surface area (Å²) in [5, 5.41) is 14.9. The molecular formula is C21H23N3O3. The van der Waals surface area contributed by atoms with Crippen LogP contribution in [0.5, 0.6) is 0 Å². The largest absolute Gasteiger partial charge is 0.391 e. The van der Waals surface area contributed by atoms with Gasteiger partial charge in [0.15, 0.2) is 0 Å². The number of carbonyl (C=O) groups excluding carboxylic acids is 2. The van der Waals surface area contributed by atoms with Crippen LogP contribution < -0.4 is 16.4 Å². The van der Waals surface area contributed by atoms with Gasteiger partial charge in [-0.3, -0.25) is 9.59 Å². The Labute approximate surface area is 158 Å². The molecule has 0 spiro atoms. The lowest BCUT2D eigenvalue weighted by molar-refractivity contribution is -0.125. The fourth-order valence-electron chi connectivity index (χ4n) is 2.31. The number of aliphatic hydroxyl groups is 1. The second kappa shape index (κ2) is 10.1. The second-order valence-corrected chi connectivity index (χ2v) is 5.96. The van der Waals surface area contributed by atoms with Crippen molar-refractivity contribution in [3.63, 3.8) is 0 Å². The summed E-state index contributed by atoms with van der Waals surface area (Å²) in [6.07, 6.45) is -1.04. The Kier molecular flexibility index (Phi) is 7.56. The van der Waals surface area contributed by atoms with E-state index in [-0.39, 0.29) is 13.1 Å². The van der Waals surface area contributed by atoms with E-state index in [4.69, 9.17) is 5.73 Å². The van der Waals surface area contributed by atoms with Gasteiger partial charge < -0.3 is 21.5 Å². The predicted octanol–water partition coefficient (Wildman–Crippen LogP) is 0.640. The molecule has 0 unspecified atom stereocenters. The van der Waals surface area contributed by atoms with Crippen LogP contribution in [0.1, 0.15) is 28.4 Å². The van der Waals surface area contributed by atoms with E-state index in [1.807, 2.05) is 30.3 Å². The van der Waals surface area contributed by atoms with Crippen molar-refractivity contribution in [2.24, 2.45) is 5.73 Å². The number of amides is 2. The molecule has 27 heavy (non-hydrogen) atoms. The zero-order chi connectivity index (χ0) is 19.6. The van der Waals surface area contributed by atoms with E-state index < -0.39 is 24.0 Å². The maximum Gasteiger partial charge on any atom is 0.252 e. The Balaban J connectivity index is 2.04. The van der Waals surface area contributed by atoms with Gasteiger partial charge in [-0.1, -0.05) is 30.0 Å². The molecule has 140 valence electrons. The highest BCUT2D eigenvalue weighted by molar-refractivity contribution is 5.97. The summed E-state index contributed by atoms with van der Waals surface area (Å²) in [6.45, 7) is 1.99. The van der Waals surface area contributed by atoms with Crippen molar-refractivity contribution in [3.8, 4) is 11.8 Å². The van der Waals surface area contributed by atoms with Crippen LogP contribution in [0, 0.1) is 11.8 Å².